The quantitative estimate of drug-likeness (QED) is 0.757. The largest absolute Gasteiger partial charge is 0.497 e. The summed E-state index contributed by atoms with van der Waals surface area (Å²) in [5.41, 5.74) is 1.15. The minimum absolute atomic E-state index is 0.113. The molecule has 0 saturated carbocycles. The molecule has 1 aliphatic heterocycles. The van der Waals surface area contributed by atoms with Gasteiger partial charge < -0.3 is 15.0 Å². The van der Waals surface area contributed by atoms with Crippen molar-refractivity contribution in [3.8, 4) is 5.75 Å². The molecule has 2 aromatic rings. The van der Waals surface area contributed by atoms with E-state index in [4.69, 9.17) is 4.74 Å². The van der Waals surface area contributed by atoms with Gasteiger partial charge in [0.1, 0.15) is 5.75 Å². The predicted molar refractivity (Wildman–Crippen MR) is 110 cm³/mol. The molecule has 1 saturated heterocycles. The van der Waals surface area contributed by atoms with Crippen LogP contribution >= 0.6 is 11.3 Å². The van der Waals surface area contributed by atoms with E-state index >= 15 is 0 Å². The molecule has 1 amide bonds. The van der Waals surface area contributed by atoms with Gasteiger partial charge in [-0.1, -0.05) is 18.2 Å². The number of nitrogens with one attached hydrogen (secondary N) is 1. The van der Waals surface area contributed by atoms with E-state index in [0.29, 0.717) is 13.0 Å². The number of hydrogen-bond acceptors (Lipinski definition) is 5. The van der Waals surface area contributed by atoms with Crippen molar-refractivity contribution in [2.45, 2.75) is 18.9 Å². The molecule has 1 fully saturated rings. The summed E-state index contributed by atoms with van der Waals surface area (Å²) < 4.78 is 5.17. The lowest BCUT2D eigenvalue weighted by Gasteiger charge is -2.37. The summed E-state index contributed by atoms with van der Waals surface area (Å²) in [5.74, 6) is 0.954. The van der Waals surface area contributed by atoms with Crippen molar-refractivity contribution >= 4 is 17.2 Å². The highest BCUT2D eigenvalue weighted by Gasteiger charge is 2.25. The molecule has 1 aliphatic rings. The number of methoxy groups -OCH3 is 1. The van der Waals surface area contributed by atoms with Gasteiger partial charge >= 0.3 is 0 Å². The first-order valence-corrected chi connectivity index (χ1v) is 10.4. The number of amides is 1. The Bertz CT molecular complexity index is 695. The fourth-order valence-corrected chi connectivity index (χ4v) is 4.23. The van der Waals surface area contributed by atoms with Crippen LogP contribution < -0.4 is 10.1 Å². The molecule has 2 heterocycles. The second-order valence-electron chi connectivity index (χ2n) is 7.02. The van der Waals surface area contributed by atoms with Crippen molar-refractivity contribution < 1.29 is 9.53 Å². The van der Waals surface area contributed by atoms with E-state index in [2.05, 4.69) is 39.7 Å². The van der Waals surface area contributed by atoms with Crippen molar-refractivity contribution in [1.82, 2.24) is 15.1 Å². The Morgan fingerprint density at radius 2 is 1.93 bits per heavy atom. The Labute approximate surface area is 165 Å². The molecule has 1 unspecified atom stereocenters. The van der Waals surface area contributed by atoms with Crippen LogP contribution in [-0.4, -0.2) is 62.6 Å². The zero-order valence-electron chi connectivity index (χ0n) is 16.2. The van der Waals surface area contributed by atoms with Crippen LogP contribution in [0.4, 0.5) is 0 Å². The third-order valence-corrected chi connectivity index (χ3v) is 6.12. The van der Waals surface area contributed by atoms with Crippen molar-refractivity contribution in [2.75, 3.05) is 46.9 Å². The highest BCUT2D eigenvalue weighted by atomic mass is 32.1. The van der Waals surface area contributed by atoms with Crippen molar-refractivity contribution in [3.63, 3.8) is 0 Å². The highest BCUT2D eigenvalue weighted by Crippen LogP contribution is 2.25. The van der Waals surface area contributed by atoms with Gasteiger partial charge in [0.25, 0.3) is 0 Å². The summed E-state index contributed by atoms with van der Waals surface area (Å²) in [4.78, 5) is 18.6. The smallest absolute Gasteiger partial charge is 0.220 e. The Hall–Kier alpha value is -1.89. The van der Waals surface area contributed by atoms with E-state index in [1.165, 1.54) is 4.88 Å². The monoisotopic (exact) mass is 387 g/mol. The number of ether oxygens (including phenoxy) is 1. The standard InChI is InChI=1S/C21H29N3O2S/c1-23-11-13-24(14-12-23)19(20-4-3-15-27-20)16-22-21(25)10-7-17-5-8-18(26-2)9-6-17/h3-6,8-9,15,19H,7,10-14,16H2,1-2H3,(H,22,25). The first-order chi connectivity index (χ1) is 13.2. The van der Waals surface area contributed by atoms with Gasteiger partial charge in [0, 0.05) is 44.0 Å². The second kappa shape index (κ2) is 9.88. The lowest BCUT2D eigenvalue weighted by atomic mass is 10.1. The van der Waals surface area contributed by atoms with Gasteiger partial charge in [-0.05, 0) is 42.6 Å². The maximum Gasteiger partial charge on any atom is 0.220 e. The fourth-order valence-electron chi connectivity index (χ4n) is 3.37. The highest BCUT2D eigenvalue weighted by molar-refractivity contribution is 7.10. The Morgan fingerprint density at radius 1 is 1.19 bits per heavy atom. The lowest BCUT2D eigenvalue weighted by Crippen LogP contribution is -2.48. The van der Waals surface area contributed by atoms with Crippen LogP contribution in [0.25, 0.3) is 0 Å². The normalized spacial score (nSPS) is 16.8. The van der Waals surface area contributed by atoms with Crippen molar-refractivity contribution in [2.24, 2.45) is 0 Å². The van der Waals surface area contributed by atoms with Crippen LogP contribution in [0.3, 0.4) is 0 Å². The minimum Gasteiger partial charge on any atom is -0.497 e. The number of aryl methyl sites for hydroxylation is 1. The van der Waals surface area contributed by atoms with E-state index in [9.17, 15) is 4.79 Å². The molecule has 0 aliphatic carbocycles. The molecule has 1 N–H and O–H groups in total. The van der Waals surface area contributed by atoms with Gasteiger partial charge in [-0.25, -0.2) is 0 Å². The summed E-state index contributed by atoms with van der Waals surface area (Å²) in [6, 6.07) is 12.4. The molecule has 1 atom stereocenters. The number of nitrogens with zero attached hydrogens (tertiary/aromatic N) is 2. The number of carbonyl (C=O) groups is 1. The number of carbonyl (C=O) groups excluding carboxylic acids is 1. The minimum atomic E-state index is 0.113. The number of thiophene rings is 1. The first kappa shape index (κ1) is 19.9. The molecule has 0 radical (unpaired) electrons. The molecular formula is C21H29N3O2S. The van der Waals surface area contributed by atoms with E-state index in [-0.39, 0.29) is 11.9 Å². The Kier molecular flexibility index (Phi) is 7.26. The Balaban J connectivity index is 1.51. The number of likely N-dealkylation sites (N-methyl/N-ethyl adjacent to an activating group) is 1. The van der Waals surface area contributed by atoms with Crippen LogP contribution in [0, 0.1) is 0 Å². The van der Waals surface area contributed by atoms with Crippen LogP contribution in [-0.2, 0) is 11.2 Å². The first-order valence-electron chi connectivity index (χ1n) is 9.51. The zero-order chi connectivity index (χ0) is 19.1. The maximum atomic E-state index is 12.4. The summed E-state index contributed by atoms with van der Waals surface area (Å²) in [7, 11) is 3.82. The molecule has 0 spiro atoms. The zero-order valence-corrected chi connectivity index (χ0v) is 17.0. The van der Waals surface area contributed by atoms with E-state index < -0.39 is 0 Å². The topological polar surface area (TPSA) is 44.8 Å². The molecule has 146 valence electrons. The number of piperazine rings is 1. The van der Waals surface area contributed by atoms with E-state index in [1.807, 2.05) is 24.3 Å². The molecule has 1 aromatic heterocycles. The Morgan fingerprint density at radius 3 is 2.56 bits per heavy atom. The number of rotatable bonds is 8. The predicted octanol–water partition coefficient (Wildman–Crippen LogP) is 2.79. The number of benzene rings is 1. The summed E-state index contributed by atoms with van der Waals surface area (Å²) >= 11 is 1.77. The number of hydrogen-bond donors (Lipinski definition) is 1. The van der Waals surface area contributed by atoms with Crippen LogP contribution in [0.15, 0.2) is 41.8 Å². The summed E-state index contributed by atoms with van der Waals surface area (Å²) in [5, 5.41) is 5.28. The van der Waals surface area contributed by atoms with Crippen LogP contribution in [0.1, 0.15) is 22.9 Å². The third kappa shape index (κ3) is 5.79. The molecular weight excluding hydrogens is 358 g/mol. The third-order valence-electron chi connectivity index (χ3n) is 5.14. The molecule has 3 rings (SSSR count). The van der Waals surface area contributed by atoms with Gasteiger partial charge in [-0.3, -0.25) is 9.69 Å². The average molecular weight is 388 g/mol. The van der Waals surface area contributed by atoms with Crippen molar-refractivity contribution in [3.05, 3.63) is 52.2 Å². The van der Waals surface area contributed by atoms with Crippen LogP contribution in [0.2, 0.25) is 0 Å². The van der Waals surface area contributed by atoms with Gasteiger partial charge in [0.2, 0.25) is 5.91 Å². The maximum absolute atomic E-state index is 12.4. The molecule has 0 bridgehead atoms. The lowest BCUT2D eigenvalue weighted by molar-refractivity contribution is -0.121. The molecule has 27 heavy (non-hydrogen) atoms. The van der Waals surface area contributed by atoms with Gasteiger partial charge in [0.05, 0.1) is 13.2 Å². The summed E-state index contributed by atoms with van der Waals surface area (Å²) in [6.07, 6.45) is 1.25. The summed E-state index contributed by atoms with van der Waals surface area (Å²) in [6.45, 7) is 4.91. The molecule has 1 aromatic carbocycles. The van der Waals surface area contributed by atoms with Gasteiger partial charge in [-0.2, -0.15) is 0 Å². The van der Waals surface area contributed by atoms with Crippen LogP contribution in [0.5, 0.6) is 5.75 Å². The molecule has 5 nitrogen and oxygen atoms in total. The molecule has 6 heteroatoms. The van der Waals surface area contributed by atoms with E-state index in [1.54, 1.807) is 18.4 Å². The SMILES string of the molecule is COc1ccc(CCC(=O)NCC(c2cccs2)N2CCN(C)CC2)cc1. The fraction of sp³-hybridized carbons (Fsp3) is 0.476. The van der Waals surface area contributed by atoms with Crippen molar-refractivity contribution in [1.29, 1.82) is 0 Å². The second-order valence-corrected chi connectivity index (χ2v) is 8.00. The van der Waals surface area contributed by atoms with Gasteiger partial charge in [0.15, 0.2) is 0 Å². The van der Waals surface area contributed by atoms with Gasteiger partial charge in [-0.15, -0.1) is 11.3 Å². The average Bonchev–Trinajstić information content (AvgIpc) is 3.23. The van der Waals surface area contributed by atoms with E-state index in [0.717, 1.165) is 43.9 Å².